The second-order valence-corrected chi connectivity index (χ2v) is 5.07. The number of halogens is 1. The van der Waals surface area contributed by atoms with Crippen LogP contribution in [0.15, 0.2) is 28.8 Å². The van der Waals surface area contributed by atoms with Crippen molar-refractivity contribution in [1.29, 1.82) is 0 Å². The van der Waals surface area contributed by atoms with E-state index in [4.69, 9.17) is 10.3 Å². The molecule has 2 aromatic rings. The van der Waals surface area contributed by atoms with Gasteiger partial charge in [0.05, 0.1) is 6.42 Å². The quantitative estimate of drug-likeness (QED) is 0.894. The van der Waals surface area contributed by atoms with Gasteiger partial charge in [0.25, 0.3) is 0 Å². The zero-order valence-electron chi connectivity index (χ0n) is 11.0. The molecule has 0 bridgehead atoms. The van der Waals surface area contributed by atoms with Crippen LogP contribution in [0.3, 0.4) is 0 Å². The van der Waals surface area contributed by atoms with Crippen molar-refractivity contribution in [2.24, 2.45) is 5.73 Å². The Morgan fingerprint density at radius 2 is 2.11 bits per heavy atom. The highest BCUT2D eigenvalue weighted by atomic mass is 35.5. The molecule has 0 atom stereocenters. The number of nitrogens with one attached hydrogen (secondary N) is 1. The van der Waals surface area contributed by atoms with Gasteiger partial charge >= 0.3 is 0 Å². The number of aromatic nitrogens is 1. The summed E-state index contributed by atoms with van der Waals surface area (Å²) in [6.45, 7) is 4.15. The third-order valence-electron chi connectivity index (χ3n) is 2.52. The fourth-order valence-corrected chi connectivity index (χ4v) is 1.61. The van der Waals surface area contributed by atoms with E-state index < -0.39 is 5.54 Å². The molecule has 0 unspecified atom stereocenters. The van der Waals surface area contributed by atoms with Crippen LogP contribution in [-0.4, -0.2) is 23.1 Å². The van der Waals surface area contributed by atoms with E-state index in [2.05, 4.69) is 10.5 Å². The van der Waals surface area contributed by atoms with Crippen LogP contribution in [0.4, 0.5) is 0 Å². The molecule has 1 aromatic carbocycles. The van der Waals surface area contributed by atoms with Gasteiger partial charge in [-0.3, -0.25) is 4.79 Å². The normalized spacial score (nSPS) is 11.1. The molecule has 0 aliphatic carbocycles. The molecule has 3 N–H and O–H groups in total. The molecule has 5 nitrogen and oxygen atoms in total. The van der Waals surface area contributed by atoms with Crippen LogP contribution in [0.5, 0.6) is 0 Å². The van der Waals surface area contributed by atoms with E-state index in [0.29, 0.717) is 17.8 Å². The second-order valence-electron chi connectivity index (χ2n) is 5.07. The predicted molar refractivity (Wildman–Crippen MR) is 76.2 cm³/mol. The first kappa shape index (κ1) is 15.5. The van der Waals surface area contributed by atoms with E-state index in [1.54, 1.807) is 0 Å². The molecule has 104 valence electrons. The average molecular weight is 284 g/mol. The van der Waals surface area contributed by atoms with E-state index in [9.17, 15) is 4.79 Å². The molecule has 1 amide bonds. The highest BCUT2D eigenvalue weighted by Crippen LogP contribution is 2.17. The lowest BCUT2D eigenvalue weighted by atomic mass is 10.1. The van der Waals surface area contributed by atoms with Gasteiger partial charge in [-0.05, 0) is 26.0 Å². The highest BCUT2D eigenvalue weighted by Gasteiger charge is 2.15. The topological polar surface area (TPSA) is 81.1 Å². The number of para-hydroxylation sites is 1. The molecule has 0 saturated heterocycles. The van der Waals surface area contributed by atoms with Crippen LogP contribution in [0.1, 0.15) is 19.5 Å². The summed E-state index contributed by atoms with van der Waals surface area (Å²) in [5.74, 6) is -0.104. The number of amides is 1. The molecule has 6 heteroatoms. The van der Waals surface area contributed by atoms with Crippen LogP contribution in [0.25, 0.3) is 11.0 Å². The molecule has 0 radical (unpaired) electrons. The summed E-state index contributed by atoms with van der Waals surface area (Å²) in [4.78, 5) is 11.8. The summed E-state index contributed by atoms with van der Waals surface area (Å²) in [5, 5.41) is 7.57. The Labute approximate surface area is 117 Å². The number of nitrogens with two attached hydrogens (primary N) is 1. The van der Waals surface area contributed by atoms with Crippen molar-refractivity contribution in [2.75, 3.05) is 6.54 Å². The maximum absolute atomic E-state index is 11.8. The van der Waals surface area contributed by atoms with Gasteiger partial charge < -0.3 is 15.6 Å². The molecule has 0 fully saturated rings. The minimum absolute atomic E-state index is 0. The largest absolute Gasteiger partial charge is 0.356 e. The number of benzene rings is 1. The third-order valence-corrected chi connectivity index (χ3v) is 2.52. The van der Waals surface area contributed by atoms with Gasteiger partial charge in [0.1, 0.15) is 5.69 Å². The van der Waals surface area contributed by atoms with E-state index in [1.165, 1.54) is 0 Å². The molecule has 0 aliphatic heterocycles. The fourth-order valence-electron chi connectivity index (χ4n) is 1.61. The number of fused-ring (bicyclic) bond motifs is 1. The van der Waals surface area contributed by atoms with E-state index in [1.807, 2.05) is 38.1 Å². The van der Waals surface area contributed by atoms with Crippen molar-refractivity contribution >= 4 is 29.3 Å². The summed E-state index contributed by atoms with van der Waals surface area (Å²) >= 11 is 0. The Bertz CT molecular complexity index is 560. The van der Waals surface area contributed by atoms with Gasteiger partial charge in [-0.15, -0.1) is 12.4 Å². The number of carbonyl (C=O) groups excluding carboxylic acids is 1. The van der Waals surface area contributed by atoms with Crippen LogP contribution in [-0.2, 0) is 11.2 Å². The van der Waals surface area contributed by atoms with Gasteiger partial charge in [-0.1, -0.05) is 17.3 Å². The first-order chi connectivity index (χ1) is 8.46. The number of nitrogens with zero attached hydrogens (tertiary/aromatic N) is 1. The van der Waals surface area contributed by atoms with E-state index in [0.717, 1.165) is 5.39 Å². The van der Waals surface area contributed by atoms with Gasteiger partial charge in [0.15, 0.2) is 5.58 Å². The summed E-state index contributed by atoms with van der Waals surface area (Å²) in [7, 11) is 0. The summed E-state index contributed by atoms with van der Waals surface area (Å²) in [6, 6.07) is 7.48. The summed E-state index contributed by atoms with van der Waals surface area (Å²) < 4.78 is 5.14. The van der Waals surface area contributed by atoms with Crippen molar-refractivity contribution in [3.8, 4) is 0 Å². The molecule has 1 heterocycles. The lowest BCUT2D eigenvalue weighted by molar-refractivity contribution is -0.120. The molecular weight excluding hydrogens is 266 g/mol. The third kappa shape index (κ3) is 4.22. The minimum atomic E-state index is -0.415. The summed E-state index contributed by atoms with van der Waals surface area (Å²) in [5.41, 5.74) is 6.73. The Morgan fingerprint density at radius 3 is 2.79 bits per heavy atom. The van der Waals surface area contributed by atoms with Crippen molar-refractivity contribution < 1.29 is 9.32 Å². The Hall–Kier alpha value is -1.59. The van der Waals surface area contributed by atoms with Crippen LogP contribution < -0.4 is 11.1 Å². The van der Waals surface area contributed by atoms with Crippen molar-refractivity contribution in [1.82, 2.24) is 10.5 Å². The first-order valence-corrected chi connectivity index (χ1v) is 5.84. The van der Waals surface area contributed by atoms with Crippen molar-refractivity contribution in [3.05, 3.63) is 30.0 Å². The predicted octanol–water partition coefficient (Wildman–Crippen LogP) is 1.65. The SMILES string of the molecule is CC(C)(N)CNC(=O)Cc1noc2ccccc12.Cl. The summed E-state index contributed by atoms with van der Waals surface area (Å²) in [6.07, 6.45) is 0.201. The van der Waals surface area contributed by atoms with Crippen LogP contribution in [0, 0.1) is 0 Å². The van der Waals surface area contributed by atoms with Crippen molar-refractivity contribution in [2.45, 2.75) is 25.8 Å². The number of rotatable bonds is 4. The van der Waals surface area contributed by atoms with Gasteiger partial charge in [-0.25, -0.2) is 0 Å². The lowest BCUT2D eigenvalue weighted by Gasteiger charge is -2.18. The van der Waals surface area contributed by atoms with Crippen molar-refractivity contribution in [3.63, 3.8) is 0 Å². The molecule has 0 aliphatic rings. The van der Waals surface area contributed by atoms with E-state index in [-0.39, 0.29) is 24.7 Å². The number of hydrogen-bond donors (Lipinski definition) is 2. The Morgan fingerprint density at radius 1 is 1.42 bits per heavy atom. The highest BCUT2D eigenvalue weighted by molar-refractivity contribution is 5.86. The Balaban J connectivity index is 0.00000180. The minimum Gasteiger partial charge on any atom is -0.356 e. The standard InChI is InChI=1S/C13H17N3O2.ClH/c1-13(2,14)8-15-12(17)7-10-9-5-3-4-6-11(9)18-16-10;/h3-6H,7-8,14H2,1-2H3,(H,15,17);1H. The molecule has 2 rings (SSSR count). The molecule has 19 heavy (non-hydrogen) atoms. The second kappa shape index (κ2) is 6.04. The maximum atomic E-state index is 11.8. The molecule has 0 spiro atoms. The van der Waals surface area contributed by atoms with Crippen LogP contribution in [0.2, 0.25) is 0 Å². The fraction of sp³-hybridized carbons (Fsp3) is 0.385. The lowest BCUT2D eigenvalue weighted by Crippen LogP contribution is -2.45. The molecule has 0 saturated carbocycles. The maximum Gasteiger partial charge on any atom is 0.226 e. The van der Waals surface area contributed by atoms with Crippen LogP contribution >= 0.6 is 12.4 Å². The number of hydrogen-bond acceptors (Lipinski definition) is 4. The Kier molecular flexibility index (Phi) is 4.91. The number of carbonyl (C=O) groups is 1. The zero-order valence-corrected chi connectivity index (χ0v) is 11.8. The molecular formula is C13H18ClN3O2. The first-order valence-electron chi connectivity index (χ1n) is 5.84. The van der Waals surface area contributed by atoms with Gasteiger partial charge in [0.2, 0.25) is 5.91 Å². The van der Waals surface area contributed by atoms with Gasteiger partial charge in [0, 0.05) is 17.5 Å². The smallest absolute Gasteiger partial charge is 0.226 e. The monoisotopic (exact) mass is 283 g/mol. The zero-order chi connectivity index (χ0) is 13.2. The van der Waals surface area contributed by atoms with E-state index >= 15 is 0 Å². The van der Waals surface area contributed by atoms with Gasteiger partial charge in [-0.2, -0.15) is 0 Å². The molecule has 1 aromatic heterocycles. The average Bonchev–Trinajstić information content (AvgIpc) is 2.70.